The molecule has 9 nitrogen and oxygen atoms in total. The fraction of sp³-hybridized carbons (Fsp3) is 0.300. The van der Waals surface area contributed by atoms with Gasteiger partial charge in [-0.1, -0.05) is 30.7 Å². The number of nitrogens with zero attached hydrogens (tertiary/aromatic N) is 4. The van der Waals surface area contributed by atoms with Crippen molar-refractivity contribution in [1.82, 2.24) is 19.1 Å². The van der Waals surface area contributed by atoms with Crippen molar-refractivity contribution in [3.63, 3.8) is 0 Å². The van der Waals surface area contributed by atoms with E-state index in [1.807, 2.05) is 48.5 Å². The Morgan fingerprint density at radius 3 is 2.42 bits per heavy atom. The van der Waals surface area contributed by atoms with Crippen LogP contribution < -0.4 is 10.1 Å². The van der Waals surface area contributed by atoms with E-state index in [4.69, 9.17) is 4.74 Å². The number of carbonyl (C=O) groups excluding carboxylic acids is 1. The maximum absolute atomic E-state index is 13.8. The molecule has 2 aliphatic heterocycles. The summed E-state index contributed by atoms with van der Waals surface area (Å²) in [5.41, 5.74) is 3.37. The number of benzene rings is 3. The van der Waals surface area contributed by atoms with Gasteiger partial charge in [-0.25, -0.2) is 8.42 Å². The average molecular weight is 558 g/mol. The largest absolute Gasteiger partial charge is 0.497 e. The molecular weight excluding hydrogens is 526 g/mol. The molecule has 0 saturated carbocycles. The zero-order valence-electron chi connectivity index (χ0n) is 22.3. The van der Waals surface area contributed by atoms with Gasteiger partial charge in [0.25, 0.3) is 0 Å². The molecule has 3 aromatic carbocycles. The molecule has 2 aliphatic rings. The van der Waals surface area contributed by atoms with E-state index in [0.717, 1.165) is 54.1 Å². The van der Waals surface area contributed by atoms with Crippen LogP contribution in [0, 0.1) is 0 Å². The predicted octanol–water partition coefficient (Wildman–Crippen LogP) is 4.43. The Labute approximate surface area is 233 Å². The van der Waals surface area contributed by atoms with E-state index >= 15 is 0 Å². The number of sulfonamides is 1. The highest BCUT2D eigenvalue weighted by Crippen LogP contribution is 2.31. The van der Waals surface area contributed by atoms with E-state index in [0.29, 0.717) is 11.4 Å². The highest BCUT2D eigenvalue weighted by atomic mass is 32.2. The van der Waals surface area contributed by atoms with E-state index in [1.54, 1.807) is 12.1 Å². The highest BCUT2D eigenvalue weighted by Gasteiger charge is 2.39. The van der Waals surface area contributed by atoms with Gasteiger partial charge in [-0.15, -0.1) is 10.2 Å². The van der Waals surface area contributed by atoms with Crippen LogP contribution in [0.3, 0.4) is 0 Å². The zero-order valence-corrected chi connectivity index (χ0v) is 23.1. The summed E-state index contributed by atoms with van der Waals surface area (Å²) in [6.07, 6.45) is 4.63. The van der Waals surface area contributed by atoms with Crippen molar-refractivity contribution >= 4 is 21.6 Å². The van der Waals surface area contributed by atoms with Gasteiger partial charge in [0, 0.05) is 30.8 Å². The Hall–Kier alpha value is -4.02. The summed E-state index contributed by atoms with van der Waals surface area (Å²) in [6, 6.07) is 20.4. The number of fused-ring (bicyclic) bond motifs is 2. The number of anilines is 1. The first-order chi connectivity index (χ1) is 19.4. The SMILES string of the molecule is COc1ccc(S(=O)(=O)N2Cc3ccccc3C[C@@H]2C(=O)Nc2ccc(-c3nnc4n3CCCCC4)cc2)cc1. The molecule has 1 atom stereocenters. The van der Waals surface area contributed by atoms with E-state index in [2.05, 4.69) is 20.1 Å². The van der Waals surface area contributed by atoms with E-state index in [-0.39, 0.29) is 23.8 Å². The summed E-state index contributed by atoms with van der Waals surface area (Å²) < 4.78 is 36.2. The number of aryl methyl sites for hydroxylation is 1. The molecule has 10 heteroatoms. The second-order valence-electron chi connectivity index (χ2n) is 10.2. The first-order valence-corrected chi connectivity index (χ1v) is 14.9. The first kappa shape index (κ1) is 26.2. The smallest absolute Gasteiger partial charge is 0.244 e. The lowest BCUT2D eigenvalue weighted by Crippen LogP contribution is -2.50. The molecule has 1 N–H and O–H groups in total. The molecule has 0 saturated heterocycles. The number of aromatic nitrogens is 3. The van der Waals surface area contributed by atoms with Crippen LogP contribution in [0.4, 0.5) is 5.69 Å². The first-order valence-electron chi connectivity index (χ1n) is 13.5. The second kappa shape index (κ2) is 10.9. The molecular formula is C30H31N5O4S. The minimum absolute atomic E-state index is 0.111. The van der Waals surface area contributed by atoms with Gasteiger partial charge in [-0.3, -0.25) is 4.79 Å². The summed E-state index contributed by atoms with van der Waals surface area (Å²) in [4.78, 5) is 13.8. The normalized spacial score (nSPS) is 17.4. The van der Waals surface area contributed by atoms with E-state index in [1.165, 1.54) is 30.0 Å². The summed E-state index contributed by atoms with van der Waals surface area (Å²) in [5, 5.41) is 11.8. The lowest BCUT2D eigenvalue weighted by molar-refractivity contribution is -0.120. The van der Waals surface area contributed by atoms with Gasteiger partial charge in [0.2, 0.25) is 15.9 Å². The maximum atomic E-state index is 13.8. The molecule has 0 spiro atoms. The number of rotatable bonds is 6. The maximum Gasteiger partial charge on any atom is 0.244 e. The number of nitrogens with one attached hydrogen (secondary N) is 1. The Bertz CT molecular complexity index is 1630. The topological polar surface area (TPSA) is 106 Å². The summed E-state index contributed by atoms with van der Waals surface area (Å²) in [5.74, 6) is 2.02. The average Bonchev–Trinajstić information content (AvgIpc) is 3.24. The van der Waals surface area contributed by atoms with Gasteiger partial charge >= 0.3 is 0 Å². The molecule has 0 fully saturated rings. The zero-order chi connectivity index (χ0) is 27.7. The van der Waals surface area contributed by atoms with Crippen molar-refractivity contribution in [2.45, 2.75) is 56.1 Å². The van der Waals surface area contributed by atoms with Crippen molar-refractivity contribution in [1.29, 1.82) is 0 Å². The molecule has 0 bridgehead atoms. The van der Waals surface area contributed by atoms with Crippen molar-refractivity contribution in [3.8, 4) is 17.1 Å². The monoisotopic (exact) mass is 557 g/mol. The molecule has 0 unspecified atom stereocenters. The Morgan fingerprint density at radius 1 is 0.925 bits per heavy atom. The fourth-order valence-corrected chi connectivity index (χ4v) is 7.05. The van der Waals surface area contributed by atoms with Crippen molar-refractivity contribution in [3.05, 3.63) is 89.7 Å². The molecule has 40 heavy (non-hydrogen) atoms. The van der Waals surface area contributed by atoms with Crippen LogP contribution in [0.2, 0.25) is 0 Å². The van der Waals surface area contributed by atoms with Gasteiger partial charge in [0.1, 0.15) is 17.6 Å². The number of hydrogen-bond acceptors (Lipinski definition) is 6. The predicted molar refractivity (Wildman–Crippen MR) is 151 cm³/mol. The number of methoxy groups -OCH3 is 1. The molecule has 206 valence electrons. The quantitative estimate of drug-likeness (QED) is 0.376. The van der Waals surface area contributed by atoms with Crippen LogP contribution in [0.25, 0.3) is 11.4 Å². The molecule has 0 aliphatic carbocycles. The number of amides is 1. The second-order valence-corrected chi connectivity index (χ2v) is 12.1. The number of hydrogen-bond donors (Lipinski definition) is 1. The summed E-state index contributed by atoms with van der Waals surface area (Å²) >= 11 is 0. The molecule has 3 heterocycles. The Kier molecular flexibility index (Phi) is 7.12. The lowest BCUT2D eigenvalue weighted by atomic mass is 9.95. The third kappa shape index (κ3) is 5.00. The van der Waals surface area contributed by atoms with E-state index < -0.39 is 16.1 Å². The standard InChI is InChI=1S/C30H31N5O4S/c1-39-25-14-16-26(17-15-25)40(37,38)35-20-23-8-5-4-7-22(23)19-27(35)30(36)31-24-12-10-21(11-13-24)29-33-32-28-9-3-2-6-18-34(28)29/h4-5,7-8,10-17,27H,2-3,6,9,18-20H2,1H3,(H,31,36)/t27-/m1/s1. The summed E-state index contributed by atoms with van der Waals surface area (Å²) in [7, 11) is -2.44. The number of carbonyl (C=O) groups is 1. The van der Waals surface area contributed by atoms with Gasteiger partial charge < -0.3 is 14.6 Å². The van der Waals surface area contributed by atoms with Gasteiger partial charge in [-0.2, -0.15) is 4.31 Å². The molecule has 1 amide bonds. The van der Waals surface area contributed by atoms with Crippen LogP contribution in [0.1, 0.15) is 36.2 Å². The van der Waals surface area contributed by atoms with Crippen LogP contribution >= 0.6 is 0 Å². The minimum atomic E-state index is -3.97. The van der Waals surface area contributed by atoms with E-state index in [9.17, 15) is 13.2 Å². The third-order valence-corrected chi connectivity index (χ3v) is 9.56. The Balaban J connectivity index is 1.26. The molecule has 1 aromatic heterocycles. The molecule has 4 aromatic rings. The van der Waals surface area contributed by atoms with Gasteiger partial charge in [-0.05, 0) is 78.9 Å². The highest BCUT2D eigenvalue weighted by molar-refractivity contribution is 7.89. The third-order valence-electron chi connectivity index (χ3n) is 7.69. The Morgan fingerprint density at radius 2 is 1.68 bits per heavy atom. The van der Waals surface area contributed by atoms with Crippen LogP contribution in [-0.2, 0) is 40.7 Å². The molecule has 6 rings (SSSR count). The van der Waals surface area contributed by atoms with Crippen molar-refractivity contribution in [2.24, 2.45) is 0 Å². The van der Waals surface area contributed by atoms with Crippen LogP contribution in [0.15, 0.2) is 77.7 Å². The lowest BCUT2D eigenvalue weighted by Gasteiger charge is -2.35. The van der Waals surface area contributed by atoms with Gasteiger partial charge in [0.15, 0.2) is 5.82 Å². The minimum Gasteiger partial charge on any atom is -0.497 e. The van der Waals surface area contributed by atoms with Crippen LogP contribution in [0.5, 0.6) is 5.75 Å². The van der Waals surface area contributed by atoms with Crippen molar-refractivity contribution < 1.29 is 17.9 Å². The van der Waals surface area contributed by atoms with Crippen LogP contribution in [-0.4, -0.2) is 46.5 Å². The summed E-state index contributed by atoms with van der Waals surface area (Å²) in [6.45, 7) is 1.01. The van der Waals surface area contributed by atoms with Gasteiger partial charge in [0.05, 0.1) is 12.0 Å². The fourth-order valence-electron chi connectivity index (χ4n) is 5.48. The molecule has 0 radical (unpaired) electrons. The number of ether oxygens (including phenoxy) is 1. The van der Waals surface area contributed by atoms with Crippen molar-refractivity contribution in [2.75, 3.05) is 12.4 Å².